The van der Waals surface area contributed by atoms with Crippen molar-refractivity contribution in [2.45, 2.75) is 37.8 Å². The van der Waals surface area contributed by atoms with Crippen LogP contribution in [0.5, 0.6) is 0 Å². The molecule has 2 atom stereocenters. The molecule has 0 aromatic carbocycles. The molecule has 0 spiro atoms. The van der Waals surface area contributed by atoms with E-state index in [1.54, 1.807) is 5.01 Å². The predicted molar refractivity (Wildman–Crippen MR) is 40.2 cm³/mol. The van der Waals surface area contributed by atoms with Crippen LogP contribution in [-0.4, -0.2) is 29.3 Å². The third-order valence-corrected chi connectivity index (χ3v) is 2.22. The molecule has 1 aliphatic rings. The highest BCUT2D eigenvalue weighted by Gasteiger charge is 2.24. The van der Waals surface area contributed by atoms with Crippen molar-refractivity contribution in [2.24, 2.45) is 5.84 Å². The van der Waals surface area contributed by atoms with Gasteiger partial charge >= 0.3 is 0 Å². The van der Waals surface area contributed by atoms with Gasteiger partial charge in [0.05, 0.1) is 6.10 Å². The van der Waals surface area contributed by atoms with Crippen LogP contribution in [0.3, 0.4) is 0 Å². The van der Waals surface area contributed by atoms with Gasteiger partial charge in [-0.25, -0.2) is 5.01 Å². The number of nitrogens with zero attached hydrogens (tertiary/aromatic N) is 1. The van der Waals surface area contributed by atoms with E-state index in [2.05, 4.69) is 0 Å². The van der Waals surface area contributed by atoms with E-state index in [1.807, 2.05) is 7.05 Å². The predicted octanol–water partition coefficient (Wildman–Crippen LogP) is 0.0954. The maximum Gasteiger partial charge on any atom is 0.0709 e. The molecule has 0 amide bonds. The lowest BCUT2D eigenvalue weighted by Crippen LogP contribution is -2.46. The molecule has 0 aromatic rings. The lowest BCUT2D eigenvalue weighted by molar-refractivity contribution is 0.0321. The van der Waals surface area contributed by atoms with Crippen molar-refractivity contribution in [3.63, 3.8) is 0 Å². The Balaban J connectivity index is 2.40. The van der Waals surface area contributed by atoms with Crippen LogP contribution in [0.2, 0.25) is 0 Å². The van der Waals surface area contributed by atoms with Gasteiger partial charge in [-0.2, -0.15) is 0 Å². The van der Waals surface area contributed by atoms with Crippen molar-refractivity contribution in [2.75, 3.05) is 7.05 Å². The fraction of sp³-hybridized carbons (Fsp3) is 1.00. The first-order valence-electron chi connectivity index (χ1n) is 3.87. The maximum atomic E-state index is 9.42. The highest BCUT2D eigenvalue weighted by atomic mass is 16.3. The van der Waals surface area contributed by atoms with Crippen molar-refractivity contribution in [1.82, 2.24) is 5.01 Å². The topological polar surface area (TPSA) is 49.5 Å². The van der Waals surface area contributed by atoms with E-state index in [0.29, 0.717) is 0 Å². The first kappa shape index (κ1) is 7.98. The van der Waals surface area contributed by atoms with Gasteiger partial charge in [0, 0.05) is 13.1 Å². The number of likely N-dealkylation sites (N-methyl/N-ethyl adjacent to an activating group) is 1. The number of rotatable bonds is 1. The van der Waals surface area contributed by atoms with Gasteiger partial charge in [-0.15, -0.1) is 0 Å². The Morgan fingerprint density at radius 3 is 2.40 bits per heavy atom. The SMILES string of the molecule is CN(N)[C@H]1CCCC[C@H]1O. The van der Waals surface area contributed by atoms with Crippen molar-refractivity contribution in [3.05, 3.63) is 0 Å². The molecule has 3 N–H and O–H groups in total. The van der Waals surface area contributed by atoms with E-state index in [-0.39, 0.29) is 12.1 Å². The summed E-state index contributed by atoms with van der Waals surface area (Å²) in [7, 11) is 1.82. The van der Waals surface area contributed by atoms with Gasteiger partial charge in [0.15, 0.2) is 0 Å². The summed E-state index contributed by atoms with van der Waals surface area (Å²) in [6.07, 6.45) is 4.08. The molecule has 0 saturated heterocycles. The highest BCUT2D eigenvalue weighted by molar-refractivity contribution is 4.78. The van der Waals surface area contributed by atoms with Gasteiger partial charge in [-0.05, 0) is 12.8 Å². The number of hydrogen-bond donors (Lipinski definition) is 2. The van der Waals surface area contributed by atoms with Gasteiger partial charge in [-0.3, -0.25) is 5.84 Å². The average Bonchev–Trinajstić information content (AvgIpc) is 1.88. The van der Waals surface area contributed by atoms with Crippen molar-refractivity contribution in [3.8, 4) is 0 Å². The number of nitrogens with two attached hydrogens (primary N) is 1. The Hall–Kier alpha value is -0.120. The summed E-state index contributed by atoms with van der Waals surface area (Å²) in [6.45, 7) is 0. The molecular weight excluding hydrogens is 128 g/mol. The van der Waals surface area contributed by atoms with Gasteiger partial charge in [-0.1, -0.05) is 12.8 Å². The summed E-state index contributed by atoms with van der Waals surface area (Å²) < 4.78 is 0. The molecule has 1 aliphatic carbocycles. The molecule has 3 nitrogen and oxygen atoms in total. The molecule has 1 saturated carbocycles. The third-order valence-electron chi connectivity index (χ3n) is 2.22. The third kappa shape index (κ3) is 1.68. The highest BCUT2D eigenvalue weighted by Crippen LogP contribution is 2.20. The number of hydrogen-bond acceptors (Lipinski definition) is 3. The van der Waals surface area contributed by atoms with Crippen LogP contribution in [-0.2, 0) is 0 Å². The van der Waals surface area contributed by atoms with Crippen LogP contribution in [0.15, 0.2) is 0 Å². The molecule has 0 bridgehead atoms. The van der Waals surface area contributed by atoms with Crippen LogP contribution in [0.1, 0.15) is 25.7 Å². The largest absolute Gasteiger partial charge is 0.391 e. The van der Waals surface area contributed by atoms with Crippen molar-refractivity contribution < 1.29 is 5.11 Å². The van der Waals surface area contributed by atoms with Gasteiger partial charge in [0.2, 0.25) is 0 Å². The van der Waals surface area contributed by atoms with Crippen LogP contribution >= 0.6 is 0 Å². The van der Waals surface area contributed by atoms with E-state index in [0.717, 1.165) is 19.3 Å². The van der Waals surface area contributed by atoms with Crippen LogP contribution in [0.4, 0.5) is 0 Å². The quantitative estimate of drug-likeness (QED) is 0.405. The van der Waals surface area contributed by atoms with E-state index in [4.69, 9.17) is 5.84 Å². The zero-order valence-corrected chi connectivity index (χ0v) is 6.45. The summed E-state index contributed by atoms with van der Waals surface area (Å²) >= 11 is 0. The molecule has 0 aliphatic heterocycles. The van der Waals surface area contributed by atoms with Crippen molar-refractivity contribution >= 4 is 0 Å². The molecule has 10 heavy (non-hydrogen) atoms. The molecule has 1 fully saturated rings. The standard InChI is InChI=1S/C7H16N2O/c1-9(8)6-4-2-3-5-7(6)10/h6-7,10H,2-5,8H2,1H3/t6-,7+/m0/s1. The lowest BCUT2D eigenvalue weighted by atomic mass is 9.92. The smallest absolute Gasteiger partial charge is 0.0709 e. The van der Waals surface area contributed by atoms with E-state index < -0.39 is 0 Å². The number of aliphatic hydroxyl groups is 1. The second-order valence-corrected chi connectivity index (χ2v) is 3.08. The number of aliphatic hydroxyl groups excluding tert-OH is 1. The average molecular weight is 144 g/mol. The monoisotopic (exact) mass is 144 g/mol. The van der Waals surface area contributed by atoms with Crippen molar-refractivity contribution in [1.29, 1.82) is 0 Å². The summed E-state index contributed by atoms with van der Waals surface area (Å²) in [4.78, 5) is 0. The molecule has 0 aromatic heterocycles. The summed E-state index contributed by atoms with van der Waals surface area (Å²) in [5, 5.41) is 11.0. The second-order valence-electron chi connectivity index (χ2n) is 3.08. The zero-order valence-electron chi connectivity index (χ0n) is 6.45. The molecule has 3 heteroatoms. The summed E-state index contributed by atoms with van der Waals surface area (Å²) in [5.41, 5.74) is 0. The second kappa shape index (κ2) is 3.32. The lowest BCUT2D eigenvalue weighted by Gasteiger charge is -2.32. The number of hydrazine groups is 1. The minimum Gasteiger partial charge on any atom is -0.391 e. The van der Waals surface area contributed by atoms with Crippen LogP contribution in [0.25, 0.3) is 0 Å². The Morgan fingerprint density at radius 2 is 2.00 bits per heavy atom. The van der Waals surface area contributed by atoms with Gasteiger partial charge in [0.25, 0.3) is 0 Å². The van der Waals surface area contributed by atoms with E-state index in [9.17, 15) is 5.11 Å². The fourth-order valence-electron chi connectivity index (χ4n) is 1.57. The summed E-state index contributed by atoms with van der Waals surface area (Å²) in [5.74, 6) is 5.53. The maximum absolute atomic E-state index is 9.42. The van der Waals surface area contributed by atoms with Crippen LogP contribution < -0.4 is 5.84 Å². The molecule has 0 radical (unpaired) electrons. The molecule has 1 rings (SSSR count). The molecule has 60 valence electrons. The summed E-state index contributed by atoms with van der Waals surface area (Å²) in [6, 6.07) is 0.189. The van der Waals surface area contributed by atoms with Gasteiger partial charge in [0.1, 0.15) is 0 Å². The Morgan fingerprint density at radius 1 is 1.40 bits per heavy atom. The first-order valence-corrected chi connectivity index (χ1v) is 3.87. The van der Waals surface area contributed by atoms with E-state index in [1.165, 1.54) is 6.42 Å². The normalized spacial score (nSPS) is 34.8. The molecule has 0 unspecified atom stereocenters. The molecular formula is C7H16N2O. The fourth-order valence-corrected chi connectivity index (χ4v) is 1.57. The minimum absolute atomic E-state index is 0.189. The Labute approximate surface area is 61.8 Å². The Kier molecular flexibility index (Phi) is 2.65. The minimum atomic E-state index is -0.205. The Bertz CT molecular complexity index is 106. The van der Waals surface area contributed by atoms with E-state index >= 15 is 0 Å². The molecule has 0 heterocycles. The zero-order chi connectivity index (χ0) is 7.56. The first-order chi connectivity index (χ1) is 4.72. The van der Waals surface area contributed by atoms with Gasteiger partial charge < -0.3 is 5.11 Å². The van der Waals surface area contributed by atoms with Crippen LogP contribution in [0, 0.1) is 0 Å².